The third-order valence-electron chi connectivity index (χ3n) is 6.52. The number of anilines is 1. The number of piperidine rings is 1. The summed E-state index contributed by atoms with van der Waals surface area (Å²) in [4.78, 5) is 17.0. The van der Waals surface area contributed by atoms with E-state index in [1.165, 1.54) is 11.1 Å². The highest BCUT2D eigenvalue weighted by molar-refractivity contribution is 5.94. The maximum Gasteiger partial charge on any atom is 0.253 e. The average molecular weight is 425 g/mol. The summed E-state index contributed by atoms with van der Waals surface area (Å²) >= 11 is 0. The number of nitrogens with zero attached hydrogens (tertiary/aromatic N) is 2. The van der Waals surface area contributed by atoms with Gasteiger partial charge in [0, 0.05) is 56.8 Å². The summed E-state index contributed by atoms with van der Waals surface area (Å²) in [5.41, 5.74) is 5.01. The van der Waals surface area contributed by atoms with Gasteiger partial charge in [0.15, 0.2) is 0 Å². The first-order chi connectivity index (χ1) is 15.5. The van der Waals surface area contributed by atoms with Crippen molar-refractivity contribution in [2.24, 2.45) is 0 Å². The second-order valence-corrected chi connectivity index (χ2v) is 8.85. The third-order valence-corrected chi connectivity index (χ3v) is 6.52. The molecule has 0 N–H and O–H groups in total. The molecule has 1 saturated heterocycles. The molecule has 0 saturated carbocycles. The summed E-state index contributed by atoms with van der Waals surface area (Å²) in [5.74, 6) is 1.02. The number of ether oxygens (including phenoxy) is 1. The predicted molar refractivity (Wildman–Crippen MR) is 130 cm³/mol. The number of amides is 1. The molecule has 0 radical (unpaired) electrons. The van der Waals surface area contributed by atoms with Crippen molar-refractivity contribution >= 4 is 17.7 Å². The van der Waals surface area contributed by atoms with Crippen molar-refractivity contribution in [1.29, 1.82) is 0 Å². The molecule has 0 aliphatic carbocycles. The van der Waals surface area contributed by atoms with Crippen LogP contribution >= 0.6 is 0 Å². The molecule has 2 aliphatic rings. The van der Waals surface area contributed by atoms with Crippen LogP contribution in [0.15, 0.2) is 78.9 Å². The van der Waals surface area contributed by atoms with Crippen LogP contribution in [0.4, 0.5) is 5.69 Å². The number of carbonyl (C=O) groups is 1. The van der Waals surface area contributed by atoms with Crippen molar-refractivity contribution in [3.05, 3.63) is 90.0 Å². The summed E-state index contributed by atoms with van der Waals surface area (Å²) in [6.07, 6.45) is 5.97. The zero-order valence-electron chi connectivity index (χ0n) is 18.6. The Hall–Kier alpha value is -3.53. The number of carbonyl (C=O) groups excluding carboxylic acids is 1. The Morgan fingerprint density at radius 1 is 0.906 bits per heavy atom. The second kappa shape index (κ2) is 8.19. The Labute approximate surface area is 189 Å². The van der Waals surface area contributed by atoms with E-state index in [-0.39, 0.29) is 11.5 Å². The van der Waals surface area contributed by atoms with E-state index in [0.29, 0.717) is 13.1 Å². The Morgan fingerprint density at radius 3 is 2.31 bits per heavy atom. The lowest BCUT2D eigenvalue weighted by Crippen LogP contribution is -2.49. The van der Waals surface area contributed by atoms with Crippen molar-refractivity contribution in [3.8, 4) is 16.9 Å². The van der Waals surface area contributed by atoms with Crippen LogP contribution in [0.1, 0.15) is 28.8 Å². The topological polar surface area (TPSA) is 32.8 Å². The van der Waals surface area contributed by atoms with E-state index in [2.05, 4.69) is 54.6 Å². The summed E-state index contributed by atoms with van der Waals surface area (Å²) < 4.78 is 6.50. The summed E-state index contributed by atoms with van der Waals surface area (Å²) in [6, 6.07) is 24.6. The van der Waals surface area contributed by atoms with Crippen LogP contribution in [0.5, 0.6) is 5.75 Å². The van der Waals surface area contributed by atoms with Gasteiger partial charge in [-0.2, -0.15) is 0 Å². The van der Waals surface area contributed by atoms with Crippen molar-refractivity contribution < 1.29 is 9.53 Å². The van der Waals surface area contributed by atoms with Gasteiger partial charge in [-0.3, -0.25) is 4.79 Å². The lowest BCUT2D eigenvalue weighted by Gasteiger charge is -2.42. The van der Waals surface area contributed by atoms with Crippen LogP contribution in [0.25, 0.3) is 17.2 Å². The molecule has 0 atom stereocenters. The highest BCUT2D eigenvalue weighted by Crippen LogP contribution is 2.39. The van der Waals surface area contributed by atoms with E-state index in [4.69, 9.17) is 4.74 Å². The Kier molecular flexibility index (Phi) is 5.22. The normalized spacial score (nSPS) is 16.4. The molecule has 3 aromatic carbocycles. The molecule has 162 valence electrons. The first-order valence-corrected chi connectivity index (χ1v) is 11.2. The predicted octanol–water partition coefficient (Wildman–Crippen LogP) is 5.50. The highest BCUT2D eigenvalue weighted by atomic mass is 16.5. The zero-order valence-corrected chi connectivity index (χ0v) is 18.6. The molecule has 2 aliphatic heterocycles. The maximum absolute atomic E-state index is 13.0. The van der Waals surface area contributed by atoms with Gasteiger partial charge in [-0.25, -0.2) is 0 Å². The largest absolute Gasteiger partial charge is 0.482 e. The summed E-state index contributed by atoms with van der Waals surface area (Å²) in [5, 5.41) is 0. The minimum Gasteiger partial charge on any atom is -0.482 e. The fourth-order valence-corrected chi connectivity index (χ4v) is 4.52. The maximum atomic E-state index is 13.0. The molecular formula is C28H28N2O2. The number of benzene rings is 3. The van der Waals surface area contributed by atoms with Gasteiger partial charge in [0.1, 0.15) is 11.4 Å². The van der Waals surface area contributed by atoms with Crippen LogP contribution < -0.4 is 9.64 Å². The molecule has 4 heteroatoms. The van der Waals surface area contributed by atoms with Gasteiger partial charge in [-0.05, 0) is 53.6 Å². The van der Waals surface area contributed by atoms with Crippen LogP contribution in [0.2, 0.25) is 0 Å². The van der Waals surface area contributed by atoms with E-state index in [1.54, 1.807) is 0 Å². The number of likely N-dealkylation sites (tertiary alicyclic amines) is 1. The van der Waals surface area contributed by atoms with Gasteiger partial charge in [-0.1, -0.05) is 42.5 Å². The van der Waals surface area contributed by atoms with E-state index in [0.717, 1.165) is 35.4 Å². The average Bonchev–Trinajstić information content (AvgIpc) is 2.84. The zero-order chi connectivity index (χ0) is 22.1. The van der Waals surface area contributed by atoms with Gasteiger partial charge in [0.05, 0.1) is 0 Å². The van der Waals surface area contributed by atoms with Gasteiger partial charge in [0.2, 0.25) is 0 Å². The van der Waals surface area contributed by atoms with E-state index < -0.39 is 0 Å². The Balaban J connectivity index is 1.27. The highest BCUT2D eigenvalue weighted by Gasteiger charge is 2.38. The molecule has 0 unspecified atom stereocenters. The molecule has 0 bridgehead atoms. The van der Waals surface area contributed by atoms with E-state index in [9.17, 15) is 4.79 Å². The molecule has 1 fully saturated rings. The van der Waals surface area contributed by atoms with Gasteiger partial charge in [-0.15, -0.1) is 0 Å². The summed E-state index contributed by atoms with van der Waals surface area (Å²) in [6.45, 7) is 1.38. The first kappa shape index (κ1) is 20.4. The molecular weight excluding hydrogens is 396 g/mol. The van der Waals surface area contributed by atoms with Crippen molar-refractivity contribution in [1.82, 2.24) is 4.90 Å². The first-order valence-electron chi connectivity index (χ1n) is 11.2. The molecule has 5 rings (SSSR count). The Bertz CT molecular complexity index is 1140. The fraction of sp³-hybridized carbons (Fsp3) is 0.250. The quantitative estimate of drug-likeness (QED) is 0.557. The SMILES string of the molecule is CN(C)c1ccc(C(=O)N2CCC3(C=Cc4cc(-c5ccccc5)ccc4O3)CC2)cc1. The van der Waals surface area contributed by atoms with Crippen LogP contribution in [-0.4, -0.2) is 43.6 Å². The number of hydrogen-bond donors (Lipinski definition) is 0. The molecule has 1 spiro atoms. The van der Waals surface area contributed by atoms with Crippen LogP contribution in [0, 0.1) is 0 Å². The Morgan fingerprint density at radius 2 is 1.62 bits per heavy atom. The smallest absolute Gasteiger partial charge is 0.253 e. The van der Waals surface area contributed by atoms with Crippen molar-refractivity contribution in [2.45, 2.75) is 18.4 Å². The van der Waals surface area contributed by atoms with Gasteiger partial charge < -0.3 is 14.5 Å². The van der Waals surface area contributed by atoms with Gasteiger partial charge in [0.25, 0.3) is 5.91 Å². The van der Waals surface area contributed by atoms with E-state index in [1.807, 2.05) is 54.2 Å². The minimum atomic E-state index is -0.327. The molecule has 1 amide bonds. The number of rotatable bonds is 3. The second-order valence-electron chi connectivity index (χ2n) is 8.85. The molecule has 32 heavy (non-hydrogen) atoms. The lowest BCUT2D eigenvalue weighted by molar-refractivity contribution is 0.0329. The molecule has 3 aromatic rings. The minimum absolute atomic E-state index is 0.0952. The van der Waals surface area contributed by atoms with Crippen LogP contribution in [0.3, 0.4) is 0 Å². The number of hydrogen-bond acceptors (Lipinski definition) is 3. The van der Waals surface area contributed by atoms with Crippen LogP contribution in [-0.2, 0) is 0 Å². The lowest BCUT2D eigenvalue weighted by atomic mass is 9.87. The monoisotopic (exact) mass is 424 g/mol. The molecule has 4 nitrogen and oxygen atoms in total. The summed E-state index contributed by atoms with van der Waals surface area (Å²) in [7, 11) is 4.00. The number of fused-ring (bicyclic) bond motifs is 1. The van der Waals surface area contributed by atoms with E-state index >= 15 is 0 Å². The molecule has 0 aromatic heterocycles. The molecule has 2 heterocycles. The van der Waals surface area contributed by atoms with Crippen molar-refractivity contribution in [2.75, 3.05) is 32.1 Å². The van der Waals surface area contributed by atoms with Crippen molar-refractivity contribution in [3.63, 3.8) is 0 Å². The van der Waals surface area contributed by atoms with Gasteiger partial charge >= 0.3 is 0 Å². The standard InChI is InChI=1S/C28H28N2O2/c1-29(2)25-11-8-22(9-12-25)27(31)30-18-16-28(17-19-30)15-14-24-20-23(10-13-26(24)32-28)21-6-4-3-5-7-21/h3-15,20H,16-19H2,1-2H3. The third kappa shape index (κ3) is 3.89. The fourth-order valence-electron chi connectivity index (χ4n) is 4.52.